The minimum absolute atomic E-state index is 0.227. The largest absolute Gasteiger partial charge is 0.399 e. The molecule has 0 aliphatic rings. The van der Waals surface area contributed by atoms with Gasteiger partial charge >= 0.3 is 0 Å². The van der Waals surface area contributed by atoms with Gasteiger partial charge < -0.3 is 10.6 Å². The van der Waals surface area contributed by atoms with Crippen LogP contribution in [0, 0.1) is 5.82 Å². The van der Waals surface area contributed by atoms with Crippen LogP contribution in [0.1, 0.15) is 18.9 Å². The van der Waals surface area contributed by atoms with Crippen molar-refractivity contribution in [3.8, 4) is 0 Å². The number of anilines is 2. The Hall–Kier alpha value is -1.55. The van der Waals surface area contributed by atoms with Crippen LogP contribution in [-0.4, -0.2) is 6.54 Å². The maximum atomic E-state index is 13.1. The Morgan fingerprint density at radius 2 is 1.85 bits per heavy atom. The SMILES string of the molecule is CCCN(Cc1ccc(F)cc1Br)c1ccc(N)cc1. The van der Waals surface area contributed by atoms with Gasteiger partial charge in [0.25, 0.3) is 0 Å². The summed E-state index contributed by atoms with van der Waals surface area (Å²) in [5, 5.41) is 0. The van der Waals surface area contributed by atoms with E-state index < -0.39 is 0 Å². The molecule has 2 aromatic rings. The van der Waals surface area contributed by atoms with E-state index >= 15 is 0 Å². The minimum atomic E-state index is -0.227. The highest BCUT2D eigenvalue weighted by atomic mass is 79.9. The normalized spacial score (nSPS) is 10.6. The Labute approximate surface area is 127 Å². The summed E-state index contributed by atoms with van der Waals surface area (Å²) >= 11 is 3.42. The van der Waals surface area contributed by atoms with E-state index in [1.807, 2.05) is 30.3 Å². The van der Waals surface area contributed by atoms with E-state index in [4.69, 9.17) is 5.73 Å². The maximum Gasteiger partial charge on any atom is 0.124 e. The second kappa shape index (κ2) is 6.75. The Bertz CT molecular complexity index is 569. The number of benzene rings is 2. The van der Waals surface area contributed by atoms with Crippen molar-refractivity contribution in [1.82, 2.24) is 0 Å². The molecule has 106 valence electrons. The molecule has 0 radical (unpaired) electrons. The first-order chi connectivity index (χ1) is 9.60. The number of rotatable bonds is 5. The van der Waals surface area contributed by atoms with Crippen molar-refractivity contribution in [2.75, 3.05) is 17.2 Å². The zero-order valence-corrected chi connectivity index (χ0v) is 13.0. The summed E-state index contributed by atoms with van der Waals surface area (Å²) in [4.78, 5) is 2.26. The molecule has 0 amide bonds. The van der Waals surface area contributed by atoms with Crippen LogP contribution in [0.3, 0.4) is 0 Å². The van der Waals surface area contributed by atoms with Crippen molar-refractivity contribution in [3.63, 3.8) is 0 Å². The molecule has 20 heavy (non-hydrogen) atoms. The van der Waals surface area contributed by atoms with Gasteiger partial charge in [0.05, 0.1) is 0 Å². The molecule has 0 bridgehead atoms. The topological polar surface area (TPSA) is 29.3 Å². The van der Waals surface area contributed by atoms with Crippen molar-refractivity contribution in [1.29, 1.82) is 0 Å². The molecule has 0 saturated carbocycles. The quantitative estimate of drug-likeness (QED) is 0.809. The van der Waals surface area contributed by atoms with Crippen molar-refractivity contribution in [2.24, 2.45) is 0 Å². The van der Waals surface area contributed by atoms with Gasteiger partial charge in [0.2, 0.25) is 0 Å². The Kier molecular flexibility index (Phi) is 5.01. The van der Waals surface area contributed by atoms with Crippen LogP contribution in [0.25, 0.3) is 0 Å². The van der Waals surface area contributed by atoms with Crippen LogP contribution >= 0.6 is 15.9 Å². The number of halogens is 2. The molecule has 0 aromatic heterocycles. The molecule has 0 aliphatic carbocycles. The molecule has 2 nitrogen and oxygen atoms in total. The zero-order chi connectivity index (χ0) is 14.5. The monoisotopic (exact) mass is 336 g/mol. The average Bonchev–Trinajstić information content (AvgIpc) is 2.42. The van der Waals surface area contributed by atoms with Crippen LogP contribution in [0.4, 0.5) is 15.8 Å². The Morgan fingerprint density at radius 1 is 1.15 bits per heavy atom. The van der Waals surface area contributed by atoms with Crippen LogP contribution < -0.4 is 10.6 Å². The van der Waals surface area contributed by atoms with Crippen LogP contribution in [0.5, 0.6) is 0 Å². The molecule has 2 N–H and O–H groups in total. The molecule has 0 fully saturated rings. The number of nitrogens with two attached hydrogens (primary N) is 1. The molecular formula is C16H18BrFN2. The predicted molar refractivity (Wildman–Crippen MR) is 86.3 cm³/mol. The lowest BCUT2D eigenvalue weighted by atomic mass is 10.1. The Morgan fingerprint density at radius 3 is 2.45 bits per heavy atom. The van der Waals surface area contributed by atoms with E-state index in [9.17, 15) is 4.39 Å². The molecule has 0 unspecified atom stereocenters. The number of hydrogen-bond donors (Lipinski definition) is 1. The summed E-state index contributed by atoms with van der Waals surface area (Å²) in [5.41, 5.74) is 8.67. The molecule has 0 heterocycles. The third kappa shape index (κ3) is 3.73. The fourth-order valence-electron chi connectivity index (χ4n) is 2.11. The van der Waals surface area contributed by atoms with Gasteiger partial charge in [-0.2, -0.15) is 0 Å². The van der Waals surface area contributed by atoms with Crippen molar-refractivity contribution in [3.05, 3.63) is 58.3 Å². The highest BCUT2D eigenvalue weighted by Crippen LogP contribution is 2.24. The summed E-state index contributed by atoms with van der Waals surface area (Å²) in [7, 11) is 0. The third-order valence-electron chi connectivity index (χ3n) is 3.13. The fraction of sp³-hybridized carbons (Fsp3) is 0.250. The Balaban J connectivity index is 2.22. The van der Waals surface area contributed by atoms with E-state index in [0.29, 0.717) is 0 Å². The number of nitrogens with zero attached hydrogens (tertiary/aromatic N) is 1. The highest BCUT2D eigenvalue weighted by molar-refractivity contribution is 9.10. The second-order valence-corrected chi connectivity index (χ2v) is 5.60. The first-order valence-electron chi connectivity index (χ1n) is 6.64. The number of nitrogen functional groups attached to an aromatic ring is 1. The predicted octanol–water partition coefficient (Wildman–Crippen LogP) is 4.59. The first-order valence-corrected chi connectivity index (χ1v) is 7.44. The van der Waals surface area contributed by atoms with Gasteiger partial charge in [-0.05, 0) is 48.4 Å². The number of hydrogen-bond acceptors (Lipinski definition) is 2. The lowest BCUT2D eigenvalue weighted by molar-refractivity contribution is 0.625. The molecule has 0 saturated heterocycles. The van der Waals surface area contributed by atoms with Gasteiger partial charge in [0.1, 0.15) is 5.82 Å². The molecule has 2 aromatic carbocycles. The summed E-state index contributed by atoms with van der Waals surface area (Å²) in [6.45, 7) is 3.82. The molecule has 0 atom stereocenters. The van der Waals surface area contributed by atoms with Gasteiger partial charge in [-0.1, -0.05) is 28.9 Å². The lowest BCUT2D eigenvalue weighted by Gasteiger charge is -2.25. The molecular weight excluding hydrogens is 319 g/mol. The van der Waals surface area contributed by atoms with E-state index in [1.54, 1.807) is 0 Å². The fourth-order valence-corrected chi connectivity index (χ4v) is 2.59. The molecule has 0 aliphatic heterocycles. The van der Waals surface area contributed by atoms with Gasteiger partial charge in [-0.25, -0.2) is 4.39 Å². The standard InChI is InChI=1S/C16H18BrFN2/c1-2-9-20(15-7-5-14(19)6-8-15)11-12-3-4-13(18)10-16(12)17/h3-8,10H,2,9,11,19H2,1H3. The summed E-state index contributed by atoms with van der Waals surface area (Å²) in [6, 6.07) is 12.6. The average molecular weight is 337 g/mol. The molecule has 4 heteroatoms. The first kappa shape index (κ1) is 14.9. The summed E-state index contributed by atoms with van der Waals surface area (Å²) < 4.78 is 13.9. The van der Waals surface area contributed by atoms with E-state index in [1.165, 1.54) is 12.1 Å². The van der Waals surface area contributed by atoms with Crippen molar-refractivity contribution in [2.45, 2.75) is 19.9 Å². The second-order valence-electron chi connectivity index (χ2n) is 4.75. The van der Waals surface area contributed by atoms with Crippen LogP contribution in [0.2, 0.25) is 0 Å². The van der Waals surface area contributed by atoms with Crippen molar-refractivity contribution < 1.29 is 4.39 Å². The van der Waals surface area contributed by atoms with E-state index in [-0.39, 0.29) is 5.82 Å². The minimum Gasteiger partial charge on any atom is -0.399 e. The lowest BCUT2D eigenvalue weighted by Crippen LogP contribution is -2.23. The van der Waals surface area contributed by atoms with Gasteiger partial charge in [-0.3, -0.25) is 0 Å². The van der Waals surface area contributed by atoms with Crippen molar-refractivity contribution >= 4 is 27.3 Å². The van der Waals surface area contributed by atoms with Crippen LogP contribution in [0.15, 0.2) is 46.9 Å². The maximum absolute atomic E-state index is 13.1. The van der Waals surface area contributed by atoms with Gasteiger partial charge in [0, 0.05) is 28.9 Å². The van der Waals surface area contributed by atoms with E-state index in [2.05, 4.69) is 27.8 Å². The highest BCUT2D eigenvalue weighted by Gasteiger charge is 2.09. The van der Waals surface area contributed by atoms with Gasteiger partial charge in [-0.15, -0.1) is 0 Å². The van der Waals surface area contributed by atoms with E-state index in [0.717, 1.165) is 40.9 Å². The third-order valence-corrected chi connectivity index (χ3v) is 3.87. The molecule has 0 spiro atoms. The van der Waals surface area contributed by atoms with Crippen LogP contribution in [-0.2, 0) is 6.54 Å². The summed E-state index contributed by atoms with van der Waals surface area (Å²) in [6.07, 6.45) is 1.04. The zero-order valence-electron chi connectivity index (χ0n) is 11.4. The smallest absolute Gasteiger partial charge is 0.124 e. The summed E-state index contributed by atoms with van der Waals surface area (Å²) in [5.74, 6) is -0.227. The van der Waals surface area contributed by atoms with Gasteiger partial charge in [0.15, 0.2) is 0 Å². The molecule has 2 rings (SSSR count).